The molecule has 2 N–H and O–H groups in total. The Morgan fingerprint density at radius 2 is 1.79 bits per heavy atom. The molecule has 1 aliphatic heterocycles. The number of hydrogen-bond donors (Lipinski definition) is 2. The number of carbonyl (C=O) groups is 2. The second-order valence-electron chi connectivity index (χ2n) is 12.1. The number of rotatable bonds is 11. The van der Waals surface area contributed by atoms with Crippen LogP contribution in [0.2, 0.25) is 0 Å². The van der Waals surface area contributed by atoms with Gasteiger partial charge in [-0.05, 0) is 83.6 Å². The lowest BCUT2D eigenvalue weighted by Gasteiger charge is -2.37. The standard InChI is InChI=1S/C29H37F3N4O5S/c1-27(2,3)36-16-14-23(34-36)22-18-28(4,33-25(37)24(22)26(38)35-42(39,40)21-12-13-21)19-8-10-20(11-9-19)41-17-7-5-6-15-29(30,31)32/h8-11,14,16,21H,5-7,12-13,15,17-18H2,1-4H3,(H,33,37)(H,35,38)/t28-/m0/s1. The fraction of sp³-hybridized carbons (Fsp3) is 0.552. The highest BCUT2D eigenvalue weighted by Crippen LogP contribution is 2.39. The summed E-state index contributed by atoms with van der Waals surface area (Å²) in [5.74, 6) is -1.17. The molecule has 1 aromatic carbocycles. The van der Waals surface area contributed by atoms with Crippen LogP contribution in [0.5, 0.6) is 5.75 Å². The summed E-state index contributed by atoms with van der Waals surface area (Å²) in [7, 11) is -3.89. The molecule has 1 atom stereocenters. The van der Waals surface area contributed by atoms with Crippen molar-refractivity contribution in [1.82, 2.24) is 19.8 Å². The molecule has 230 valence electrons. The van der Waals surface area contributed by atoms with Crippen LogP contribution in [-0.4, -0.2) is 48.0 Å². The number of benzene rings is 1. The number of amides is 2. The third-order valence-corrected chi connectivity index (χ3v) is 9.14. The van der Waals surface area contributed by atoms with Crippen molar-refractivity contribution in [2.75, 3.05) is 6.61 Å². The van der Waals surface area contributed by atoms with E-state index in [4.69, 9.17) is 4.74 Å². The van der Waals surface area contributed by atoms with Crippen LogP contribution in [0.3, 0.4) is 0 Å². The molecule has 4 rings (SSSR count). The number of aromatic nitrogens is 2. The number of ether oxygens (including phenoxy) is 1. The molecular weight excluding hydrogens is 573 g/mol. The minimum atomic E-state index is -4.15. The lowest BCUT2D eigenvalue weighted by molar-refractivity contribution is -0.135. The van der Waals surface area contributed by atoms with Gasteiger partial charge in [0.1, 0.15) is 11.3 Å². The summed E-state index contributed by atoms with van der Waals surface area (Å²) in [5.41, 5.74) is -0.192. The minimum Gasteiger partial charge on any atom is -0.494 e. The fourth-order valence-electron chi connectivity index (χ4n) is 4.78. The largest absolute Gasteiger partial charge is 0.494 e. The van der Waals surface area contributed by atoms with Crippen molar-refractivity contribution in [2.24, 2.45) is 0 Å². The van der Waals surface area contributed by atoms with Gasteiger partial charge in [-0.1, -0.05) is 12.1 Å². The van der Waals surface area contributed by atoms with Crippen LogP contribution >= 0.6 is 0 Å². The van der Waals surface area contributed by atoms with Gasteiger partial charge in [0.25, 0.3) is 11.8 Å². The van der Waals surface area contributed by atoms with E-state index >= 15 is 0 Å². The van der Waals surface area contributed by atoms with Crippen LogP contribution in [0.4, 0.5) is 13.2 Å². The Kier molecular flexibility index (Phi) is 8.82. The summed E-state index contributed by atoms with van der Waals surface area (Å²) in [6.07, 6.45) is -1.18. The maximum absolute atomic E-state index is 13.5. The zero-order chi connectivity index (χ0) is 30.9. The van der Waals surface area contributed by atoms with Crippen LogP contribution in [0.15, 0.2) is 42.1 Å². The highest BCUT2D eigenvalue weighted by Gasteiger charge is 2.43. The van der Waals surface area contributed by atoms with Gasteiger partial charge < -0.3 is 10.1 Å². The SMILES string of the molecule is CC(C)(C)n1ccc(C2=C(C(=O)NS(=O)(=O)C3CC3)C(=O)N[C@](C)(c3ccc(OCCCCCC(F)(F)F)cc3)C2)n1. The van der Waals surface area contributed by atoms with Crippen molar-refractivity contribution in [3.05, 3.63) is 53.4 Å². The molecule has 1 aliphatic carbocycles. The normalized spacial score (nSPS) is 19.9. The zero-order valence-corrected chi connectivity index (χ0v) is 25.0. The molecule has 0 saturated heterocycles. The van der Waals surface area contributed by atoms with E-state index in [-0.39, 0.29) is 30.6 Å². The molecule has 1 saturated carbocycles. The summed E-state index contributed by atoms with van der Waals surface area (Å²) in [4.78, 5) is 26.7. The average Bonchev–Trinajstić information content (AvgIpc) is 3.62. The van der Waals surface area contributed by atoms with E-state index in [0.717, 1.165) is 0 Å². The van der Waals surface area contributed by atoms with Gasteiger partial charge >= 0.3 is 6.18 Å². The average molecular weight is 611 g/mol. The Hall–Kier alpha value is -3.35. The summed E-state index contributed by atoms with van der Waals surface area (Å²) >= 11 is 0. The third kappa shape index (κ3) is 7.73. The first-order chi connectivity index (χ1) is 19.5. The van der Waals surface area contributed by atoms with Gasteiger partial charge in [-0.25, -0.2) is 13.1 Å². The van der Waals surface area contributed by atoms with Crippen LogP contribution < -0.4 is 14.8 Å². The van der Waals surface area contributed by atoms with Crippen molar-refractivity contribution in [1.29, 1.82) is 0 Å². The van der Waals surface area contributed by atoms with E-state index < -0.39 is 45.2 Å². The number of sulfonamides is 1. The highest BCUT2D eigenvalue weighted by atomic mass is 32.2. The Labute approximate surface area is 243 Å². The van der Waals surface area contributed by atoms with Crippen molar-refractivity contribution < 1.29 is 35.9 Å². The van der Waals surface area contributed by atoms with Crippen molar-refractivity contribution >= 4 is 27.4 Å². The van der Waals surface area contributed by atoms with Gasteiger partial charge in [-0.15, -0.1) is 0 Å². The van der Waals surface area contributed by atoms with E-state index in [1.165, 1.54) is 0 Å². The molecule has 1 aromatic heterocycles. The Morgan fingerprint density at radius 3 is 2.36 bits per heavy atom. The molecule has 0 bridgehead atoms. The number of unbranched alkanes of at least 4 members (excludes halogenated alkanes) is 2. The van der Waals surface area contributed by atoms with E-state index in [9.17, 15) is 31.2 Å². The van der Waals surface area contributed by atoms with E-state index in [1.807, 2.05) is 20.8 Å². The van der Waals surface area contributed by atoms with Gasteiger partial charge in [0, 0.05) is 24.6 Å². The molecule has 0 radical (unpaired) electrons. The number of halogens is 3. The van der Waals surface area contributed by atoms with Crippen LogP contribution in [0.1, 0.15) is 83.9 Å². The molecule has 2 aromatic rings. The number of nitrogens with zero attached hydrogens (tertiary/aromatic N) is 2. The molecule has 2 heterocycles. The van der Waals surface area contributed by atoms with Gasteiger partial charge in [0.15, 0.2) is 0 Å². The van der Waals surface area contributed by atoms with Crippen molar-refractivity contribution in [3.8, 4) is 5.75 Å². The molecule has 42 heavy (non-hydrogen) atoms. The molecule has 2 aliphatic rings. The monoisotopic (exact) mass is 610 g/mol. The molecule has 0 unspecified atom stereocenters. The first kappa shape index (κ1) is 31.6. The molecule has 1 fully saturated rings. The zero-order valence-electron chi connectivity index (χ0n) is 24.2. The van der Waals surface area contributed by atoms with Gasteiger partial charge in [0.2, 0.25) is 10.0 Å². The lowest BCUT2D eigenvalue weighted by atomic mass is 9.79. The molecule has 2 amide bonds. The summed E-state index contributed by atoms with van der Waals surface area (Å²) in [6.45, 7) is 7.95. The molecule has 13 heteroatoms. The number of alkyl halides is 3. The third-order valence-electron chi connectivity index (χ3n) is 7.32. The molecular formula is C29H37F3N4O5S. The first-order valence-electron chi connectivity index (χ1n) is 14.0. The number of carbonyl (C=O) groups excluding carboxylic acids is 2. The van der Waals surface area contributed by atoms with E-state index in [0.29, 0.717) is 48.3 Å². The van der Waals surface area contributed by atoms with Gasteiger partial charge in [-0.3, -0.25) is 14.3 Å². The Morgan fingerprint density at radius 1 is 1.12 bits per heavy atom. The van der Waals surface area contributed by atoms with E-state index in [1.54, 1.807) is 48.1 Å². The smallest absolute Gasteiger partial charge is 0.389 e. The highest BCUT2D eigenvalue weighted by molar-refractivity contribution is 7.91. The van der Waals surface area contributed by atoms with Gasteiger partial charge in [0.05, 0.1) is 28.6 Å². The van der Waals surface area contributed by atoms with Crippen LogP contribution in [-0.2, 0) is 30.7 Å². The van der Waals surface area contributed by atoms with Crippen LogP contribution in [0.25, 0.3) is 5.57 Å². The number of nitrogens with one attached hydrogen (secondary N) is 2. The Balaban J connectivity index is 1.55. The first-order valence-corrected chi connectivity index (χ1v) is 15.5. The predicted molar refractivity (Wildman–Crippen MR) is 151 cm³/mol. The predicted octanol–water partition coefficient (Wildman–Crippen LogP) is 4.94. The maximum Gasteiger partial charge on any atom is 0.389 e. The minimum absolute atomic E-state index is 0.0558. The quantitative estimate of drug-likeness (QED) is 0.275. The summed E-state index contributed by atoms with van der Waals surface area (Å²) < 4.78 is 71.4. The summed E-state index contributed by atoms with van der Waals surface area (Å²) in [6, 6.07) is 8.67. The molecule has 9 nitrogen and oxygen atoms in total. The van der Waals surface area contributed by atoms with Gasteiger partial charge in [-0.2, -0.15) is 18.3 Å². The number of hydrogen-bond acceptors (Lipinski definition) is 6. The summed E-state index contributed by atoms with van der Waals surface area (Å²) in [5, 5.41) is 6.87. The van der Waals surface area contributed by atoms with Crippen molar-refractivity contribution in [3.63, 3.8) is 0 Å². The van der Waals surface area contributed by atoms with E-state index in [2.05, 4.69) is 15.1 Å². The lowest BCUT2D eigenvalue weighted by Crippen LogP contribution is -2.51. The second-order valence-corrected chi connectivity index (χ2v) is 14.1. The fourth-order valence-corrected chi connectivity index (χ4v) is 6.07. The molecule has 0 spiro atoms. The van der Waals surface area contributed by atoms with Crippen molar-refractivity contribution in [2.45, 2.75) is 95.1 Å². The van der Waals surface area contributed by atoms with Crippen LogP contribution in [0, 0.1) is 0 Å². The topological polar surface area (TPSA) is 119 Å². The maximum atomic E-state index is 13.5. The second kappa shape index (κ2) is 11.7. The Bertz CT molecular complexity index is 1460.